The molecule has 1 amide bonds. The second-order valence-corrected chi connectivity index (χ2v) is 8.23. The summed E-state index contributed by atoms with van der Waals surface area (Å²) in [5.41, 5.74) is 1.71. The number of carbonyl (C=O) groups is 1. The first kappa shape index (κ1) is 18.6. The Kier molecular flexibility index (Phi) is 6.15. The zero-order valence-corrected chi connectivity index (χ0v) is 15.9. The third-order valence-electron chi connectivity index (χ3n) is 3.56. The molecule has 0 radical (unpaired) electrons. The van der Waals surface area contributed by atoms with Crippen molar-refractivity contribution in [3.8, 4) is 0 Å². The first-order valence-corrected chi connectivity index (χ1v) is 9.67. The SMILES string of the molecule is CCc1ccccc1NC(=O)CN(C)S(=O)(=O)c1ccc(Br)cc1. The summed E-state index contributed by atoms with van der Waals surface area (Å²) in [7, 11) is -2.32. The van der Waals surface area contributed by atoms with Crippen molar-refractivity contribution in [2.24, 2.45) is 0 Å². The molecule has 128 valence electrons. The summed E-state index contributed by atoms with van der Waals surface area (Å²) in [5, 5.41) is 2.77. The maximum Gasteiger partial charge on any atom is 0.243 e. The molecule has 2 aromatic rings. The van der Waals surface area contributed by atoms with Gasteiger partial charge in [-0.15, -0.1) is 0 Å². The minimum Gasteiger partial charge on any atom is -0.325 e. The van der Waals surface area contributed by atoms with Crippen molar-refractivity contribution in [1.82, 2.24) is 4.31 Å². The molecule has 24 heavy (non-hydrogen) atoms. The molecule has 0 spiro atoms. The highest BCUT2D eigenvalue weighted by atomic mass is 79.9. The number of benzene rings is 2. The number of nitrogens with one attached hydrogen (secondary N) is 1. The van der Waals surface area contributed by atoms with Gasteiger partial charge in [0.2, 0.25) is 15.9 Å². The van der Waals surface area contributed by atoms with E-state index in [1.807, 2.05) is 25.1 Å². The largest absolute Gasteiger partial charge is 0.325 e. The first-order chi connectivity index (χ1) is 11.3. The number of nitrogens with zero attached hydrogens (tertiary/aromatic N) is 1. The zero-order chi connectivity index (χ0) is 17.7. The van der Waals surface area contributed by atoms with E-state index >= 15 is 0 Å². The number of hydrogen-bond acceptors (Lipinski definition) is 3. The van der Waals surface area contributed by atoms with E-state index in [1.165, 1.54) is 19.2 Å². The fraction of sp³-hybridized carbons (Fsp3) is 0.235. The fourth-order valence-electron chi connectivity index (χ4n) is 2.21. The molecule has 0 aliphatic rings. The second kappa shape index (κ2) is 7.92. The summed E-state index contributed by atoms with van der Waals surface area (Å²) < 4.78 is 26.8. The summed E-state index contributed by atoms with van der Waals surface area (Å²) >= 11 is 3.27. The molecule has 0 aliphatic carbocycles. The molecule has 0 saturated heterocycles. The molecule has 2 rings (SSSR count). The van der Waals surface area contributed by atoms with Crippen LogP contribution in [0.4, 0.5) is 5.69 Å². The Morgan fingerprint density at radius 2 is 1.75 bits per heavy atom. The predicted octanol–water partition coefficient (Wildman–Crippen LogP) is 3.27. The summed E-state index contributed by atoms with van der Waals surface area (Å²) in [5.74, 6) is -0.376. The van der Waals surface area contributed by atoms with E-state index in [0.717, 1.165) is 20.8 Å². The van der Waals surface area contributed by atoms with Crippen molar-refractivity contribution in [2.45, 2.75) is 18.2 Å². The molecule has 0 aliphatic heterocycles. The van der Waals surface area contributed by atoms with Crippen LogP contribution in [0.2, 0.25) is 0 Å². The van der Waals surface area contributed by atoms with Crippen LogP contribution in [0.5, 0.6) is 0 Å². The van der Waals surface area contributed by atoms with Gasteiger partial charge in [0.15, 0.2) is 0 Å². The van der Waals surface area contributed by atoms with Crippen molar-refractivity contribution < 1.29 is 13.2 Å². The number of anilines is 1. The number of para-hydroxylation sites is 1. The number of rotatable bonds is 6. The minimum atomic E-state index is -3.71. The van der Waals surface area contributed by atoms with Gasteiger partial charge < -0.3 is 5.32 Å². The van der Waals surface area contributed by atoms with Gasteiger partial charge in [-0.2, -0.15) is 4.31 Å². The number of halogens is 1. The molecular weight excluding hydrogens is 392 g/mol. The quantitative estimate of drug-likeness (QED) is 0.794. The van der Waals surface area contributed by atoms with Crippen molar-refractivity contribution in [2.75, 3.05) is 18.9 Å². The monoisotopic (exact) mass is 410 g/mol. The van der Waals surface area contributed by atoms with Gasteiger partial charge in [-0.1, -0.05) is 41.1 Å². The van der Waals surface area contributed by atoms with Gasteiger partial charge in [-0.25, -0.2) is 8.42 Å². The minimum absolute atomic E-state index is 0.148. The number of amides is 1. The summed E-state index contributed by atoms with van der Waals surface area (Å²) in [6.45, 7) is 1.74. The van der Waals surface area contributed by atoms with E-state index in [-0.39, 0.29) is 17.3 Å². The van der Waals surface area contributed by atoms with Crippen LogP contribution in [0.25, 0.3) is 0 Å². The molecule has 0 aromatic heterocycles. The molecule has 2 aromatic carbocycles. The van der Waals surface area contributed by atoms with Crippen LogP contribution in [-0.2, 0) is 21.2 Å². The third kappa shape index (κ3) is 4.43. The van der Waals surface area contributed by atoms with E-state index in [9.17, 15) is 13.2 Å². The second-order valence-electron chi connectivity index (χ2n) is 5.27. The lowest BCUT2D eigenvalue weighted by molar-refractivity contribution is -0.116. The zero-order valence-electron chi connectivity index (χ0n) is 13.5. The Labute approximate surface area is 150 Å². The Balaban J connectivity index is 2.09. The third-order valence-corrected chi connectivity index (χ3v) is 5.91. The number of carbonyl (C=O) groups excluding carboxylic acids is 1. The Hall–Kier alpha value is -1.70. The number of hydrogen-bond donors (Lipinski definition) is 1. The van der Waals surface area contributed by atoms with Crippen LogP contribution in [0, 0.1) is 0 Å². The molecular formula is C17H19BrN2O3S. The molecule has 0 atom stereocenters. The van der Waals surface area contributed by atoms with E-state index < -0.39 is 10.0 Å². The van der Waals surface area contributed by atoms with E-state index in [0.29, 0.717) is 5.69 Å². The summed E-state index contributed by atoms with van der Waals surface area (Å²) in [6.07, 6.45) is 0.781. The molecule has 0 unspecified atom stereocenters. The number of sulfonamides is 1. The maximum atomic E-state index is 12.5. The van der Waals surface area contributed by atoms with Crippen LogP contribution in [0.3, 0.4) is 0 Å². The lowest BCUT2D eigenvalue weighted by Crippen LogP contribution is -2.35. The van der Waals surface area contributed by atoms with Crippen molar-refractivity contribution in [3.63, 3.8) is 0 Å². The highest BCUT2D eigenvalue weighted by molar-refractivity contribution is 9.10. The smallest absolute Gasteiger partial charge is 0.243 e. The molecule has 0 fully saturated rings. The van der Waals surface area contributed by atoms with Crippen LogP contribution in [0.1, 0.15) is 12.5 Å². The fourth-order valence-corrected chi connectivity index (χ4v) is 3.61. The van der Waals surface area contributed by atoms with Crippen LogP contribution in [0.15, 0.2) is 57.9 Å². The molecule has 0 heterocycles. The van der Waals surface area contributed by atoms with Gasteiger partial charge in [-0.05, 0) is 42.3 Å². The molecule has 0 bridgehead atoms. The average Bonchev–Trinajstić information content (AvgIpc) is 2.55. The van der Waals surface area contributed by atoms with Gasteiger partial charge in [0, 0.05) is 17.2 Å². The average molecular weight is 411 g/mol. The van der Waals surface area contributed by atoms with E-state index in [4.69, 9.17) is 0 Å². The highest BCUT2D eigenvalue weighted by Crippen LogP contribution is 2.19. The molecule has 7 heteroatoms. The molecule has 1 N–H and O–H groups in total. The van der Waals surface area contributed by atoms with Crippen molar-refractivity contribution in [1.29, 1.82) is 0 Å². The number of aryl methyl sites for hydroxylation is 1. The van der Waals surface area contributed by atoms with Crippen LogP contribution >= 0.6 is 15.9 Å². The highest BCUT2D eigenvalue weighted by Gasteiger charge is 2.23. The Bertz CT molecular complexity index is 820. The summed E-state index contributed by atoms with van der Waals surface area (Å²) in [4.78, 5) is 12.3. The lowest BCUT2D eigenvalue weighted by atomic mass is 10.1. The van der Waals surface area contributed by atoms with Gasteiger partial charge in [0.25, 0.3) is 0 Å². The molecule has 0 saturated carbocycles. The normalized spacial score (nSPS) is 11.5. The van der Waals surface area contributed by atoms with Crippen LogP contribution in [-0.4, -0.2) is 32.2 Å². The van der Waals surface area contributed by atoms with Gasteiger partial charge in [0.05, 0.1) is 11.4 Å². The predicted molar refractivity (Wildman–Crippen MR) is 98.4 cm³/mol. The van der Waals surface area contributed by atoms with Crippen LogP contribution < -0.4 is 5.32 Å². The van der Waals surface area contributed by atoms with Gasteiger partial charge >= 0.3 is 0 Å². The van der Waals surface area contributed by atoms with E-state index in [1.54, 1.807) is 18.2 Å². The van der Waals surface area contributed by atoms with E-state index in [2.05, 4.69) is 21.2 Å². The van der Waals surface area contributed by atoms with Crippen molar-refractivity contribution >= 4 is 37.5 Å². The van der Waals surface area contributed by atoms with Crippen molar-refractivity contribution in [3.05, 3.63) is 58.6 Å². The molecule has 5 nitrogen and oxygen atoms in total. The van der Waals surface area contributed by atoms with Gasteiger partial charge in [0.1, 0.15) is 0 Å². The maximum absolute atomic E-state index is 12.5. The topological polar surface area (TPSA) is 66.5 Å². The standard InChI is InChI=1S/C17H19BrN2O3S/c1-3-13-6-4-5-7-16(13)19-17(21)12-20(2)24(22,23)15-10-8-14(18)9-11-15/h4-11H,3,12H2,1-2H3,(H,19,21). The Morgan fingerprint density at radius 3 is 2.38 bits per heavy atom. The first-order valence-electron chi connectivity index (χ1n) is 7.44. The Morgan fingerprint density at radius 1 is 1.12 bits per heavy atom. The lowest BCUT2D eigenvalue weighted by Gasteiger charge is -2.17. The number of likely N-dealkylation sites (N-methyl/N-ethyl adjacent to an activating group) is 1. The van der Waals surface area contributed by atoms with Gasteiger partial charge in [-0.3, -0.25) is 4.79 Å². The summed E-state index contributed by atoms with van der Waals surface area (Å²) in [6, 6.07) is 13.8.